The predicted molar refractivity (Wildman–Crippen MR) is 123 cm³/mol. The van der Waals surface area contributed by atoms with Crippen LogP contribution in [-0.4, -0.2) is 35.7 Å². The molecule has 2 rings (SSSR count). The highest BCUT2D eigenvalue weighted by Crippen LogP contribution is 2.50. The normalized spacial score (nSPS) is 27.0. The van der Waals surface area contributed by atoms with E-state index in [1.807, 2.05) is 12.2 Å². The van der Waals surface area contributed by atoms with Gasteiger partial charge in [-0.1, -0.05) is 82.8 Å². The third kappa shape index (κ3) is 8.70. The minimum absolute atomic E-state index is 0.0933. The standard InChI is InChI=1S/C26H42O6/c27-20-31-24(29)16-15-23-14-10-6-3-7-11-18-26(23,19-17-25(30)32-21-28)22-12-8-4-1-2-5-9-13-22/h15-17,19,22-23,27-28H,1-14,18,20-21H2. The summed E-state index contributed by atoms with van der Waals surface area (Å²) in [5, 5.41) is 17.9. The van der Waals surface area contributed by atoms with Gasteiger partial charge < -0.3 is 19.7 Å². The number of hydrogen-bond donors (Lipinski definition) is 2. The molecule has 0 bridgehead atoms. The van der Waals surface area contributed by atoms with Crippen LogP contribution in [0.3, 0.4) is 0 Å². The van der Waals surface area contributed by atoms with Gasteiger partial charge in [0, 0.05) is 12.2 Å². The molecule has 6 heteroatoms. The summed E-state index contributed by atoms with van der Waals surface area (Å²) in [6.45, 7) is -1.26. The lowest BCUT2D eigenvalue weighted by Crippen LogP contribution is -2.36. The molecule has 2 unspecified atom stereocenters. The Labute approximate surface area is 193 Å². The summed E-state index contributed by atoms with van der Waals surface area (Å²) in [5.41, 5.74) is -0.251. The first-order valence-electron chi connectivity index (χ1n) is 12.5. The van der Waals surface area contributed by atoms with Crippen LogP contribution >= 0.6 is 0 Å². The molecule has 0 aromatic carbocycles. The molecule has 2 fully saturated rings. The van der Waals surface area contributed by atoms with E-state index in [2.05, 4.69) is 0 Å². The first kappa shape index (κ1) is 26.6. The molecule has 2 aliphatic rings. The number of aliphatic hydroxyl groups is 2. The van der Waals surface area contributed by atoms with E-state index in [-0.39, 0.29) is 11.3 Å². The number of carbonyl (C=O) groups excluding carboxylic acids is 2. The number of ether oxygens (including phenoxy) is 2. The number of carbonyl (C=O) groups is 2. The van der Waals surface area contributed by atoms with Gasteiger partial charge in [-0.25, -0.2) is 9.59 Å². The molecule has 0 saturated heterocycles. The quantitative estimate of drug-likeness (QED) is 0.315. The van der Waals surface area contributed by atoms with E-state index in [9.17, 15) is 9.59 Å². The highest BCUT2D eigenvalue weighted by atomic mass is 16.6. The lowest BCUT2D eigenvalue weighted by atomic mass is 9.60. The number of aliphatic hydroxyl groups excluding tert-OH is 2. The van der Waals surface area contributed by atoms with Gasteiger partial charge in [0.2, 0.25) is 0 Å². The highest BCUT2D eigenvalue weighted by molar-refractivity contribution is 5.82. The van der Waals surface area contributed by atoms with Crippen LogP contribution in [-0.2, 0) is 19.1 Å². The molecule has 182 valence electrons. The van der Waals surface area contributed by atoms with Gasteiger partial charge >= 0.3 is 11.9 Å². The fourth-order valence-corrected chi connectivity index (χ4v) is 5.72. The Morgan fingerprint density at radius 2 is 1.22 bits per heavy atom. The molecule has 0 aromatic rings. The van der Waals surface area contributed by atoms with E-state index in [0.717, 1.165) is 38.5 Å². The van der Waals surface area contributed by atoms with Crippen molar-refractivity contribution >= 4 is 11.9 Å². The van der Waals surface area contributed by atoms with Crippen molar-refractivity contribution in [2.75, 3.05) is 13.6 Å². The van der Waals surface area contributed by atoms with E-state index in [4.69, 9.17) is 19.7 Å². The van der Waals surface area contributed by atoms with Crippen LogP contribution in [0.1, 0.15) is 96.3 Å². The molecule has 2 N–H and O–H groups in total. The molecular formula is C26H42O6. The van der Waals surface area contributed by atoms with Gasteiger partial charge in [-0.3, -0.25) is 0 Å². The second-order valence-electron chi connectivity index (χ2n) is 9.30. The first-order valence-corrected chi connectivity index (χ1v) is 12.5. The van der Waals surface area contributed by atoms with Crippen LogP contribution in [0.4, 0.5) is 0 Å². The van der Waals surface area contributed by atoms with Crippen molar-refractivity contribution < 1.29 is 29.3 Å². The van der Waals surface area contributed by atoms with E-state index in [1.54, 1.807) is 0 Å². The van der Waals surface area contributed by atoms with Gasteiger partial charge in [0.15, 0.2) is 13.6 Å². The molecule has 2 atom stereocenters. The summed E-state index contributed by atoms with van der Waals surface area (Å²) >= 11 is 0. The Balaban J connectivity index is 2.46. The zero-order valence-corrected chi connectivity index (χ0v) is 19.5. The zero-order chi connectivity index (χ0) is 23.1. The van der Waals surface area contributed by atoms with Crippen molar-refractivity contribution in [3.63, 3.8) is 0 Å². The van der Waals surface area contributed by atoms with Gasteiger partial charge in [-0.15, -0.1) is 0 Å². The summed E-state index contributed by atoms with van der Waals surface area (Å²) in [7, 11) is 0. The van der Waals surface area contributed by atoms with Crippen molar-refractivity contribution in [3.05, 3.63) is 24.3 Å². The molecule has 0 amide bonds. The number of hydrogen-bond acceptors (Lipinski definition) is 6. The molecule has 0 aliphatic heterocycles. The molecular weight excluding hydrogens is 408 g/mol. The van der Waals surface area contributed by atoms with E-state index < -0.39 is 25.5 Å². The van der Waals surface area contributed by atoms with Gasteiger partial charge in [0.1, 0.15) is 0 Å². The van der Waals surface area contributed by atoms with Crippen molar-refractivity contribution in [2.24, 2.45) is 17.3 Å². The molecule has 0 spiro atoms. The Hall–Kier alpha value is -1.66. The summed E-state index contributed by atoms with van der Waals surface area (Å²) in [5.74, 6) is -0.562. The van der Waals surface area contributed by atoms with Crippen LogP contribution in [0.5, 0.6) is 0 Å². The SMILES string of the molecule is O=C(C=CC1CCCCCCCC1(C=CC(=O)OCO)C1CCCCCCCC1)OCO. The zero-order valence-electron chi connectivity index (χ0n) is 19.5. The Kier molecular flexibility index (Phi) is 12.7. The minimum atomic E-state index is -0.630. The summed E-state index contributed by atoms with van der Waals surface area (Å²) in [6.07, 6.45) is 24.2. The molecule has 0 heterocycles. The monoisotopic (exact) mass is 450 g/mol. The van der Waals surface area contributed by atoms with Crippen LogP contribution in [0, 0.1) is 17.3 Å². The second kappa shape index (κ2) is 15.2. The molecule has 2 aliphatic carbocycles. The van der Waals surface area contributed by atoms with Crippen molar-refractivity contribution in [3.8, 4) is 0 Å². The number of rotatable bonds is 7. The topological polar surface area (TPSA) is 93.1 Å². The van der Waals surface area contributed by atoms with Crippen LogP contribution in [0.15, 0.2) is 24.3 Å². The van der Waals surface area contributed by atoms with Crippen molar-refractivity contribution in [1.82, 2.24) is 0 Å². The van der Waals surface area contributed by atoms with Crippen molar-refractivity contribution in [1.29, 1.82) is 0 Å². The van der Waals surface area contributed by atoms with Crippen LogP contribution < -0.4 is 0 Å². The lowest BCUT2D eigenvalue weighted by molar-refractivity contribution is -0.146. The smallest absolute Gasteiger partial charge is 0.332 e. The van der Waals surface area contributed by atoms with Crippen LogP contribution in [0.25, 0.3) is 0 Å². The Bertz CT molecular complexity index is 603. The summed E-state index contributed by atoms with van der Waals surface area (Å²) < 4.78 is 9.51. The van der Waals surface area contributed by atoms with Gasteiger partial charge in [0.25, 0.3) is 0 Å². The fourth-order valence-electron chi connectivity index (χ4n) is 5.72. The number of esters is 2. The fraction of sp³-hybridized carbons (Fsp3) is 0.769. The lowest BCUT2D eigenvalue weighted by Gasteiger charge is -2.44. The molecule has 2 saturated carbocycles. The molecule has 6 nitrogen and oxygen atoms in total. The van der Waals surface area contributed by atoms with Crippen molar-refractivity contribution in [2.45, 2.75) is 96.3 Å². The Morgan fingerprint density at radius 1 is 0.719 bits per heavy atom. The first-order chi connectivity index (χ1) is 15.6. The maximum absolute atomic E-state index is 12.2. The maximum atomic E-state index is 12.2. The van der Waals surface area contributed by atoms with E-state index in [0.29, 0.717) is 5.92 Å². The van der Waals surface area contributed by atoms with Gasteiger partial charge in [-0.2, -0.15) is 0 Å². The Morgan fingerprint density at radius 3 is 1.81 bits per heavy atom. The van der Waals surface area contributed by atoms with Gasteiger partial charge in [0.05, 0.1) is 0 Å². The number of allylic oxidation sites excluding steroid dienone is 2. The highest BCUT2D eigenvalue weighted by Gasteiger charge is 2.41. The molecule has 32 heavy (non-hydrogen) atoms. The summed E-state index contributed by atoms with van der Waals surface area (Å²) in [4.78, 5) is 24.2. The average molecular weight is 451 g/mol. The minimum Gasteiger partial charge on any atom is -0.436 e. The van der Waals surface area contributed by atoms with E-state index in [1.165, 1.54) is 69.9 Å². The molecule has 0 radical (unpaired) electrons. The maximum Gasteiger partial charge on any atom is 0.332 e. The summed E-state index contributed by atoms with van der Waals surface area (Å²) in [6, 6.07) is 0. The third-order valence-corrected chi connectivity index (χ3v) is 7.34. The second-order valence-corrected chi connectivity index (χ2v) is 9.30. The van der Waals surface area contributed by atoms with Crippen LogP contribution in [0.2, 0.25) is 0 Å². The third-order valence-electron chi connectivity index (χ3n) is 7.34. The largest absolute Gasteiger partial charge is 0.436 e. The molecule has 0 aromatic heterocycles. The van der Waals surface area contributed by atoms with E-state index >= 15 is 0 Å². The predicted octanol–water partition coefficient (Wildman–Crippen LogP) is 5.18. The van der Waals surface area contributed by atoms with Gasteiger partial charge in [-0.05, 0) is 42.9 Å². The average Bonchev–Trinajstić information content (AvgIpc) is 2.98.